The lowest BCUT2D eigenvalue weighted by Gasteiger charge is -2.08. The molecule has 1 rings (SSSR count). The number of alkyl halides is 2. The summed E-state index contributed by atoms with van der Waals surface area (Å²) in [7, 11) is 0. The van der Waals surface area contributed by atoms with Gasteiger partial charge in [0.2, 0.25) is 0 Å². The molecule has 0 amide bonds. The summed E-state index contributed by atoms with van der Waals surface area (Å²) in [5.74, 6) is 0. The lowest BCUT2D eigenvalue weighted by Crippen LogP contribution is -2.09. The van der Waals surface area contributed by atoms with Crippen LogP contribution in [0, 0.1) is 17.0 Å². The molecule has 7 heteroatoms. The first-order chi connectivity index (χ1) is 6.99. The maximum absolute atomic E-state index is 12.4. The number of aromatic nitrogens is 1. The first kappa shape index (κ1) is 11.4. The molecule has 0 unspecified atom stereocenters. The lowest BCUT2D eigenvalue weighted by atomic mass is 10.1. The summed E-state index contributed by atoms with van der Waals surface area (Å²) < 4.78 is 24.9. The topological polar surface area (TPSA) is 82.0 Å². The van der Waals surface area contributed by atoms with Crippen molar-refractivity contribution in [1.82, 2.24) is 4.98 Å². The van der Waals surface area contributed by atoms with E-state index in [1.165, 1.54) is 6.92 Å². The van der Waals surface area contributed by atoms with Gasteiger partial charge >= 0.3 is 0 Å². The Kier molecular flexibility index (Phi) is 3.25. The zero-order valence-corrected chi connectivity index (χ0v) is 7.91. The second-order valence-electron chi connectivity index (χ2n) is 2.89. The monoisotopic (exact) mass is 217 g/mol. The van der Waals surface area contributed by atoms with Crippen LogP contribution in [-0.4, -0.2) is 9.91 Å². The maximum atomic E-state index is 12.4. The van der Waals surface area contributed by atoms with Crippen LogP contribution in [0.5, 0.6) is 0 Å². The van der Waals surface area contributed by atoms with Gasteiger partial charge in [-0.15, -0.1) is 0 Å². The van der Waals surface area contributed by atoms with Crippen LogP contribution in [0.4, 0.5) is 14.5 Å². The molecule has 2 N–H and O–H groups in total. The number of nitrogens with zero attached hydrogens (tertiary/aromatic N) is 2. The van der Waals surface area contributed by atoms with Crippen LogP contribution >= 0.6 is 0 Å². The summed E-state index contributed by atoms with van der Waals surface area (Å²) >= 11 is 0. The fourth-order valence-corrected chi connectivity index (χ4v) is 1.28. The maximum Gasteiger partial charge on any atom is 0.290 e. The van der Waals surface area contributed by atoms with Crippen molar-refractivity contribution in [2.24, 2.45) is 5.73 Å². The van der Waals surface area contributed by atoms with E-state index in [0.29, 0.717) is 0 Å². The Hall–Kier alpha value is -1.63. The van der Waals surface area contributed by atoms with Crippen LogP contribution in [0.3, 0.4) is 0 Å². The minimum absolute atomic E-state index is 0.0409. The Bertz CT molecular complexity index is 396. The lowest BCUT2D eigenvalue weighted by molar-refractivity contribution is -0.385. The number of rotatable bonds is 3. The number of hydrogen-bond donors (Lipinski definition) is 1. The van der Waals surface area contributed by atoms with Crippen LogP contribution < -0.4 is 5.73 Å². The molecule has 82 valence electrons. The number of pyridine rings is 1. The second kappa shape index (κ2) is 4.26. The molecule has 0 atom stereocenters. The molecule has 0 bridgehead atoms. The van der Waals surface area contributed by atoms with E-state index < -0.39 is 17.0 Å². The molecule has 0 spiro atoms. The molecule has 15 heavy (non-hydrogen) atoms. The van der Waals surface area contributed by atoms with Crippen LogP contribution in [0.2, 0.25) is 0 Å². The zero-order valence-electron chi connectivity index (χ0n) is 7.91. The minimum atomic E-state index is -2.77. The summed E-state index contributed by atoms with van der Waals surface area (Å²) in [6, 6.07) is 0. The predicted molar refractivity (Wildman–Crippen MR) is 48.5 cm³/mol. The third kappa shape index (κ3) is 2.07. The van der Waals surface area contributed by atoms with Gasteiger partial charge in [-0.25, -0.2) is 13.8 Å². The fraction of sp³-hybridized carbons (Fsp3) is 0.375. The van der Waals surface area contributed by atoms with Gasteiger partial charge in [-0.1, -0.05) is 0 Å². The minimum Gasteiger partial charge on any atom is -0.326 e. The van der Waals surface area contributed by atoms with Crippen LogP contribution in [0.15, 0.2) is 6.20 Å². The van der Waals surface area contributed by atoms with Crippen LogP contribution in [0.25, 0.3) is 0 Å². The Morgan fingerprint density at radius 2 is 2.27 bits per heavy atom. The SMILES string of the molecule is Cc1c([N+](=O)[O-])cnc(C(F)F)c1CN. The highest BCUT2D eigenvalue weighted by Crippen LogP contribution is 2.27. The highest BCUT2D eigenvalue weighted by atomic mass is 19.3. The van der Waals surface area contributed by atoms with Gasteiger partial charge in [0.05, 0.1) is 4.92 Å². The summed E-state index contributed by atoms with van der Waals surface area (Å²) in [5, 5.41) is 10.5. The molecule has 0 saturated heterocycles. The van der Waals surface area contributed by atoms with E-state index in [0.717, 1.165) is 6.20 Å². The first-order valence-electron chi connectivity index (χ1n) is 4.10. The van der Waals surface area contributed by atoms with E-state index >= 15 is 0 Å². The number of hydrogen-bond acceptors (Lipinski definition) is 4. The Balaban J connectivity index is 3.39. The van der Waals surface area contributed by atoms with Gasteiger partial charge in [-0.2, -0.15) is 0 Å². The van der Waals surface area contributed by atoms with E-state index in [-0.39, 0.29) is 23.4 Å². The Labute approximate surface area is 84.1 Å². The molecule has 1 aromatic rings. The van der Waals surface area contributed by atoms with Crippen molar-refractivity contribution in [2.75, 3.05) is 0 Å². The Morgan fingerprint density at radius 3 is 2.67 bits per heavy atom. The molecule has 1 heterocycles. The molecule has 1 aromatic heterocycles. The van der Waals surface area contributed by atoms with Crippen molar-refractivity contribution in [3.63, 3.8) is 0 Å². The molecule has 0 aromatic carbocycles. The van der Waals surface area contributed by atoms with Gasteiger partial charge in [-0.05, 0) is 6.92 Å². The number of nitro groups is 1. The summed E-state index contributed by atoms with van der Waals surface area (Å²) in [6.45, 7) is 1.19. The highest BCUT2D eigenvalue weighted by Gasteiger charge is 2.22. The molecule has 0 radical (unpaired) electrons. The predicted octanol–water partition coefficient (Wildman–Crippen LogP) is 1.69. The number of nitrogens with two attached hydrogens (primary N) is 1. The van der Waals surface area contributed by atoms with E-state index in [1.807, 2.05) is 0 Å². The third-order valence-electron chi connectivity index (χ3n) is 2.08. The van der Waals surface area contributed by atoms with Crippen molar-refractivity contribution < 1.29 is 13.7 Å². The summed E-state index contributed by atoms with van der Waals surface area (Å²) in [6.07, 6.45) is -1.95. The number of halogens is 2. The smallest absolute Gasteiger partial charge is 0.290 e. The van der Waals surface area contributed by atoms with Crippen molar-refractivity contribution in [3.05, 3.63) is 33.1 Å². The zero-order chi connectivity index (χ0) is 11.6. The van der Waals surface area contributed by atoms with Gasteiger partial charge in [0.15, 0.2) is 0 Å². The van der Waals surface area contributed by atoms with Crippen molar-refractivity contribution in [3.8, 4) is 0 Å². The van der Waals surface area contributed by atoms with Gasteiger partial charge in [0, 0.05) is 17.7 Å². The first-order valence-corrected chi connectivity index (χ1v) is 4.10. The van der Waals surface area contributed by atoms with Gasteiger partial charge in [0.25, 0.3) is 12.1 Å². The molecular formula is C8H9F2N3O2. The van der Waals surface area contributed by atoms with Crippen molar-refractivity contribution >= 4 is 5.69 Å². The van der Waals surface area contributed by atoms with Gasteiger partial charge in [-0.3, -0.25) is 10.1 Å². The quantitative estimate of drug-likeness (QED) is 0.617. The average molecular weight is 217 g/mol. The molecular weight excluding hydrogens is 208 g/mol. The largest absolute Gasteiger partial charge is 0.326 e. The van der Waals surface area contributed by atoms with E-state index in [1.54, 1.807) is 0 Å². The molecule has 0 aliphatic carbocycles. The molecule has 0 aliphatic rings. The van der Waals surface area contributed by atoms with Crippen molar-refractivity contribution in [1.29, 1.82) is 0 Å². The molecule has 0 aliphatic heterocycles. The van der Waals surface area contributed by atoms with Gasteiger partial charge < -0.3 is 5.73 Å². The highest BCUT2D eigenvalue weighted by molar-refractivity contribution is 5.44. The normalized spacial score (nSPS) is 10.7. The molecule has 5 nitrogen and oxygen atoms in total. The fourth-order valence-electron chi connectivity index (χ4n) is 1.28. The van der Waals surface area contributed by atoms with E-state index in [9.17, 15) is 18.9 Å². The Morgan fingerprint density at radius 1 is 1.67 bits per heavy atom. The average Bonchev–Trinajstić information content (AvgIpc) is 2.16. The third-order valence-corrected chi connectivity index (χ3v) is 2.08. The summed E-state index contributed by atoms with van der Waals surface area (Å²) in [5.41, 5.74) is 4.67. The molecule has 0 saturated carbocycles. The standard InChI is InChI=1S/C8H9F2N3O2/c1-4-5(2-11)7(8(9)10)12-3-6(4)13(14)15/h3,8H,2,11H2,1H3. The van der Waals surface area contributed by atoms with Crippen LogP contribution in [-0.2, 0) is 6.54 Å². The van der Waals surface area contributed by atoms with Crippen LogP contribution in [0.1, 0.15) is 23.2 Å². The summed E-state index contributed by atoms with van der Waals surface area (Å²) in [4.78, 5) is 13.2. The van der Waals surface area contributed by atoms with E-state index in [4.69, 9.17) is 5.73 Å². The van der Waals surface area contributed by atoms with Crippen molar-refractivity contribution in [2.45, 2.75) is 19.9 Å². The van der Waals surface area contributed by atoms with E-state index in [2.05, 4.69) is 4.98 Å². The second-order valence-corrected chi connectivity index (χ2v) is 2.89. The van der Waals surface area contributed by atoms with Gasteiger partial charge in [0.1, 0.15) is 11.9 Å². The molecule has 0 fully saturated rings.